The average molecular weight is 263 g/mol. The highest BCUT2D eigenvalue weighted by Gasteiger charge is 2.02. The molecule has 0 heterocycles. The quantitative estimate of drug-likeness (QED) is 0.848. The van der Waals surface area contributed by atoms with Gasteiger partial charge in [0.1, 0.15) is 11.6 Å². The van der Waals surface area contributed by atoms with E-state index in [4.69, 9.17) is 10.5 Å². The van der Waals surface area contributed by atoms with Crippen LogP contribution in [0.3, 0.4) is 0 Å². The molecule has 2 N–H and O–H groups in total. The monoisotopic (exact) mass is 263 g/mol. The summed E-state index contributed by atoms with van der Waals surface area (Å²) in [7, 11) is 0. The molecule has 94 valence electrons. The highest BCUT2D eigenvalue weighted by Crippen LogP contribution is 2.32. The fourth-order valence-electron chi connectivity index (χ4n) is 1.54. The summed E-state index contributed by atoms with van der Waals surface area (Å²) in [5, 5.41) is 0. The third-order valence-corrected chi connectivity index (χ3v) is 3.24. The smallest absolute Gasteiger partial charge is 0.123 e. The Morgan fingerprint density at radius 3 is 2.50 bits per heavy atom. The first-order valence-electron chi connectivity index (χ1n) is 5.64. The lowest BCUT2D eigenvalue weighted by atomic mass is 10.3. The number of nitrogen functional groups attached to an aromatic ring is 1. The molecular weight excluding hydrogens is 249 g/mol. The third-order valence-electron chi connectivity index (χ3n) is 2.26. The van der Waals surface area contributed by atoms with Crippen LogP contribution in [0.4, 0.5) is 10.1 Å². The van der Waals surface area contributed by atoms with Crippen LogP contribution in [0.1, 0.15) is 6.92 Å². The molecule has 0 aliphatic carbocycles. The van der Waals surface area contributed by atoms with Crippen molar-refractivity contribution in [3.05, 3.63) is 48.3 Å². The van der Waals surface area contributed by atoms with E-state index in [1.165, 1.54) is 23.9 Å². The molecule has 0 atom stereocenters. The molecule has 2 aromatic rings. The minimum atomic E-state index is -0.234. The molecule has 0 spiro atoms. The van der Waals surface area contributed by atoms with Crippen molar-refractivity contribution in [3.63, 3.8) is 0 Å². The van der Waals surface area contributed by atoms with Crippen molar-refractivity contribution in [2.45, 2.75) is 16.7 Å². The first-order valence-corrected chi connectivity index (χ1v) is 6.46. The van der Waals surface area contributed by atoms with E-state index in [9.17, 15) is 4.39 Å². The topological polar surface area (TPSA) is 35.2 Å². The van der Waals surface area contributed by atoms with Gasteiger partial charge >= 0.3 is 0 Å². The highest BCUT2D eigenvalue weighted by atomic mass is 32.2. The number of ether oxygens (including phenoxy) is 1. The Kier molecular flexibility index (Phi) is 4.10. The number of anilines is 1. The van der Waals surface area contributed by atoms with Gasteiger partial charge in [-0.1, -0.05) is 11.8 Å². The van der Waals surface area contributed by atoms with Crippen LogP contribution < -0.4 is 10.5 Å². The largest absolute Gasteiger partial charge is 0.494 e. The molecule has 0 aromatic heterocycles. The van der Waals surface area contributed by atoms with Gasteiger partial charge in [-0.05, 0) is 43.3 Å². The second kappa shape index (κ2) is 5.78. The Hall–Kier alpha value is -1.68. The first-order chi connectivity index (χ1) is 8.67. The van der Waals surface area contributed by atoms with E-state index >= 15 is 0 Å². The van der Waals surface area contributed by atoms with Crippen molar-refractivity contribution >= 4 is 17.4 Å². The number of hydrogen-bond donors (Lipinski definition) is 1. The van der Waals surface area contributed by atoms with Gasteiger partial charge in [0, 0.05) is 21.5 Å². The standard InChI is InChI=1S/C14H14FNOS/c1-2-17-12-7-11(16)8-14(9-12)18-13-5-3-10(15)4-6-13/h3-9H,2,16H2,1H3. The Balaban J connectivity index is 2.20. The molecule has 0 amide bonds. The van der Waals surface area contributed by atoms with Crippen molar-refractivity contribution in [1.82, 2.24) is 0 Å². The van der Waals surface area contributed by atoms with Crippen molar-refractivity contribution in [1.29, 1.82) is 0 Å². The summed E-state index contributed by atoms with van der Waals surface area (Å²) in [5.41, 5.74) is 6.47. The van der Waals surface area contributed by atoms with Gasteiger partial charge in [-0.3, -0.25) is 0 Å². The van der Waals surface area contributed by atoms with Crippen LogP contribution in [0, 0.1) is 5.82 Å². The van der Waals surface area contributed by atoms with Crippen LogP contribution in [-0.4, -0.2) is 6.61 Å². The number of hydrogen-bond acceptors (Lipinski definition) is 3. The summed E-state index contributed by atoms with van der Waals surface area (Å²) >= 11 is 1.52. The van der Waals surface area contributed by atoms with Crippen molar-refractivity contribution in [2.24, 2.45) is 0 Å². The maximum atomic E-state index is 12.8. The van der Waals surface area contributed by atoms with Crippen LogP contribution in [-0.2, 0) is 0 Å². The van der Waals surface area contributed by atoms with E-state index in [0.29, 0.717) is 12.3 Å². The Morgan fingerprint density at radius 2 is 1.83 bits per heavy atom. The molecule has 0 saturated carbocycles. The second-order valence-electron chi connectivity index (χ2n) is 3.73. The van der Waals surface area contributed by atoms with E-state index in [2.05, 4.69) is 0 Å². The Morgan fingerprint density at radius 1 is 1.11 bits per heavy atom. The molecule has 0 aliphatic heterocycles. The van der Waals surface area contributed by atoms with Crippen LogP contribution in [0.25, 0.3) is 0 Å². The van der Waals surface area contributed by atoms with E-state index in [0.717, 1.165) is 15.5 Å². The molecule has 2 rings (SSSR count). The fourth-order valence-corrected chi connectivity index (χ4v) is 2.46. The molecule has 0 saturated heterocycles. The number of rotatable bonds is 4. The zero-order valence-corrected chi connectivity index (χ0v) is 10.8. The summed E-state index contributed by atoms with van der Waals surface area (Å²) in [6, 6.07) is 12.0. The molecular formula is C14H14FNOS. The lowest BCUT2D eigenvalue weighted by Crippen LogP contribution is -1.93. The van der Waals surface area contributed by atoms with Gasteiger partial charge in [-0.2, -0.15) is 0 Å². The minimum absolute atomic E-state index is 0.234. The summed E-state index contributed by atoms with van der Waals surface area (Å²) in [6.45, 7) is 2.53. The minimum Gasteiger partial charge on any atom is -0.494 e. The lowest BCUT2D eigenvalue weighted by Gasteiger charge is -2.08. The summed E-state index contributed by atoms with van der Waals surface area (Å²) in [6.07, 6.45) is 0. The SMILES string of the molecule is CCOc1cc(N)cc(Sc2ccc(F)cc2)c1. The van der Waals surface area contributed by atoms with Gasteiger partial charge in [0.15, 0.2) is 0 Å². The van der Waals surface area contributed by atoms with Gasteiger partial charge in [-0.15, -0.1) is 0 Å². The number of halogens is 1. The molecule has 0 bridgehead atoms. The normalized spacial score (nSPS) is 10.3. The fraction of sp³-hybridized carbons (Fsp3) is 0.143. The summed E-state index contributed by atoms with van der Waals surface area (Å²) in [4.78, 5) is 1.94. The van der Waals surface area contributed by atoms with Crippen LogP contribution >= 0.6 is 11.8 Å². The predicted molar refractivity (Wildman–Crippen MR) is 72.5 cm³/mol. The second-order valence-corrected chi connectivity index (χ2v) is 4.87. The molecule has 18 heavy (non-hydrogen) atoms. The average Bonchev–Trinajstić information content (AvgIpc) is 2.32. The van der Waals surface area contributed by atoms with Crippen molar-refractivity contribution < 1.29 is 9.13 Å². The Bertz CT molecular complexity index is 528. The van der Waals surface area contributed by atoms with E-state index in [1.807, 2.05) is 19.1 Å². The molecule has 2 aromatic carbocycles. The predicted octanol–water partition coefficient (Wildman–Crippen LogP) is 3.96. The zero-order chi connectivity index (χ0) is 13.0. The van der Waals surface area contributed by atoms with Crippen molar-refractivity contribution in [2.75, 3.05) is 12.3 Å². The zero-order valence-electron chi connectivity index (χ0n) is 10.0. The van der Waals surface area contributed by atoms with E-state index in [1.54, 1.807) is 18.2 Å². The molecule has 0 aliphatic rings. The Labute approximate surface area is 110 Å². The first kappa shape index (κ1) is 12.8. The molecule has 2 nitrogen and oxygen atoms in total. The maximum Gasteiger partial charge on any atom is 0.123 e. The van der Waals surface area contributed by atoms with Crippen LogP contribution in [0.2, 0.25) is 0 Å². The highest BCUT2D eigenvalue weighted by molar-refractivity contribution is 7.99. The van der Waals surface area contributed by atoms with Gasteiger partial charge in [0.05, 0.1) is 6.61 Å². The molecule has 0 fully saturated rings. The van der Waals surface area contributed by atoms with E-state index < -0.39 is 0 Å². The van der Waals surface area contributed by atoms with E-state index in [-0.39, 0.29) is 5.82 Å². The van der Waals surface area contributed by atoms with Gasteiger partial charge < -0.3 is 10.5 Å². The molecule has 0 radical (unpaired) electrons. The van der Waals surface area contributed by atoms with Crippen LogP contribution in [0.15, 0.2) is 52.3 Å². The van der Waals surface area contributed by atoms with Gasteiger partial charge in [0.2, 0.25) is 0 Å². The molecule has 4 heteroatoms. The van der Waals surface area contributed by atoms with Crippen LogP contribution in [0.5, 0.6) is 5.75 Å². The summed E-state index contributed by atoms with van der Waals surface area (Å²) < 4.78 is 18.2. The van der Waals surface area contributed by atoms with Gasteiger partial charge in [0.25, 0.3) is 0 Å². The molecule has 0 unspecified atom stereocenters. The van der Waals surface area contributed by atoms with Gasteiger partial charge in [-0.25, -0.2) is 4.39 Å². The summed E-state index contributed by atoms with van der Waals surface area (Å²) in [5.74, 6) is 0.518. The third kappa shape index (κ3) is 3.40. The number of nitrogens with two attached hydrogens (primary N) is 1. The van der Waals surface area contributed by atoms with Crippen molar-refractivity contribution in [3.8, 4) is 5.75 Å². The maximum absolute atomic E-state index is 12.8. The number of benzene rings is 2. The lowest BCUT2D eigenvalue weighted by molar-refractivity contribution is 0.339.